The molecule has 0 aromatic carbocycles. The predicted octanol–water partition coefficient (Wildman–Crippen LogP) is 0.399. The fraction of sp³-hybridized carbons (Fsp3) is 0.462. The number of hydrogen-bond acceptors (Lipinski definition) is 7. The summed E-state index contributed by atoms with van der Waals surface area (Å²) in [5.74, 6) is -1.88. The number of carbonyl (C=O) groups is 2. The largest absolute Gasteiger partial charge is 0.463 e. The number of hydrogen-bond donors (Lipinski definition) is 0. The maximum atomic E-state index is 14.4. The average molecular weight is 292 g/mol. The van der Waals surface area contributed by atoms with Gasteiger partial charge in [-0.1, -0.05) is 0 Å². The molecule has 1 aromatic heterocycles. The summed E-state index contributed by atoms with van der Waals surface area (Å²) in [4.78, 5) is 32.8. The topological polar surface area (TPSA) is 96.2 Å². The van der Waals surface area contributed by atoms with Gasteiger partial charge in [-0.05, 0) is 13.0 Å². The van der Waals surface area contributed by atoms with Gasteiger partial charge in [0.05, 0.1) is 13.2 Å². The normalized spacial score (nSPS) is 21.8. The maximum absolute atomic E-state index is 14.4. The second kappa shape index (κ2) is 5.83. The number of anilines is 1. The van der Waals surface area contributed by atoms with Crippen molar-refractivity contribution in [2.75, 3.05) is 24.6 Å². The van der Waals surface area contributed by atoms with Crippen molar-refractivity contribution in [2.45, 2.75) is 19.0 Å². The first-order chi connectivity index (χ1) is 10.0. The fourth-order valence-electron chi connectivity index (χ4n) is 2.00. The average Bonchev–Trinajstić information content (AvgIpc) is 2.50. The number of esters is 1. The van der Waals surface area contributed by atoms with Crippen LogP contribution in [-0.2, 0) is 14.3 Å². The Bertz CT molecular complexity index is 616. The van der Waals surface area contributed by atoms with Crippen LogP contribution in [0, 0.1) is 11.3 Å². The molecule has 0 aliphatic carbocycles. The number of nitrogens with zero attached hydrogens (tertiary/aromatic N) is 4. The molecule has 7 nitrogen and oxygen atoms in total. The zero-order valence-corrected chi connectivity index (χ0v) is 11.4. The zero-order chi connectivity index (χ0) is 15.5. The lowest BCUT2D eigenvalue weighted by molar-refractivity contribution is -0.163. The number of piperidine rings is 1. The van der Waals surface area contributed by atoms with E-state index >= 15 is 0 Å². The van der Waals surface area contributed by atoms with Crippen molar-refractivity contribution < 1.29 is 18.7 Å². The number of aromatic nitrogens is 2. The molecule has 0 radical (unpaired) electrons. The summed E-state index contributed by atoms with van der Waals surface area (Å²) in [6.45, 7) is 1.29. The van der Waals surface area contributed by atoms with Crippen molar-refractivity contribution in [3.8, 4) is 6.07 Å². The van der Waals surface area contributed by atoms with E-state index in [9.17, 15) is 14.0 Å². The summed E-state index contributed by atoms with van der Waals surface area (Å²) in [7, 11) is 0. The number of halogens is 1. The molecule has 8 heteroatoms. The monoisotopic (exact) mass is 292 g/mol. The minimum Gasteiger partial charge on any atom is -0.463 e. The summed E-state index contributed by atoms with van der Waals surface area (Å²) in [6.07, 6.45) is 1.05. The molecule has 1 aliphatic rings. The van der Waals surface area contributed by atoms with E-state index in [0.717, 1.165) is 0 Å². The zero-order valence-electron chi connectivity index (χ0n) is 11.4. The molecule has 1 saturated heterocycles. The lowest BCUT2D eigenvalue weighted by Gasteiger charge is -2.33. The van der Waals surface area contributed by atoms with E-state index in [1.54, 1.807) is 6.92 Å². The van der Waals surface area contributed by atoms with Gasteiger partial charge in [0, 0.05) is 19.2 Å². The van der Waals surface area contributed by atoms with Gasteiger partial charge in [0.2, 0.25) is 11.7 Å². The van der Waals surface area contributed by atoms with Gasteiger partial charge in [0.15, 0.2) is 0 Å². The molecule has 110 valence electrons. The van der Waals surface area contributed by atoms with Gasteiger partial charge in [-0.3, -0.25) is 4.79 Å². The Morgan fingerprint density at radius 3 is 3.05 bits per heavy atom. The van der Waals surface area contributed by atoms with E-state index in [1.807, 2.05) is 6.07 Å². The molecule has 1 unspecified atom stereocenters. The molecular weight excluding hydrogens is 279 g/mol. The van der Waals surface area contributed by atoms with E-state index in [2.05, 4.69) is 14.7 Å². The first kappa shape index (κ1) is 14.8. The van der Waals surface area contributed by atoms with Gasteiger partial charge in [-0.25, -0.2) is 19.2 Å². The number of rotatable bonds is 3. The Morgan fingerprint density at radius 1 is 1.67 bits per heavy atom. The molecule has 0 amide bonds. The first-order valence-corrected chi connectivity index (χ1v) is 6.38. The predicted molar refractivity (Wildman–Crippen MR) is 69.1 cm³/mol. The molecule has 1 aromatic rings. The molecule has 1 fully saturated rings. The van der Waals surface area contributed by atoms with E-state index in [4.69, 9.17) is 5.26 Å². The molecule has 2 heterocycles. The quantitative estimate of drug-likeness (QED) is 0.587. The third-order valence-electron chi connectivity index (χ3n) is 3.14. The van der Waals surface area contributed by atoms with Gasteiger partial charge >= 0.3 is 5.97 Å². The van der Waals surface area contributed by atoms with E-state index in [1.165, 1.54) is 17.2 Å². The molecular formula is C13H13FN4O3. The molecule has 2 rings (SSSR count). The van der Waals surface area contributed by atoms with Gasteiger partial charge in [0.25, 0.3) is 5.67 Å². The highest BCUT2D eigenvalue weighted by Gasteiger charge is 2.51. The SMILES string of the molecule is CCOC(=O)C1(F)CCN(c2nccc(C#N)n2)CC1=O. The first-order valence-electron chi connectivity index (χ1n) is 6.38. The van der Waals surface area contributed by atoms with Crippen LogP contribution in [0.4, 0.5) is 10.3 Å². The summed E-state index contributed by atoms with van der Waals surface area (Å²) >= 11 is 0. The Kier molecular flexibility index (Phi) is 4.12. The van der Waals surface area contributed by atoms with Crippen LogP contribution in [0.25, 0.3) is 0 Å². The number of nitriles is 1. The summed E-state index contributed by atoms with van der Waals surface area (Å²) in [5, 5.41) is 8.78. The second-order valence-corrected chi connectivity index (χ2v) is 4.47. The van der Waals surface area contributed by atoms with Crippen molar-refractivity contribution in [2.24, 2.45) is 0 Å². The molecule has 0 spiro atoms. The fourth-order valence-corrected chi connectivity index (χ4v) is 2.00. The second-order valence-electron chi connectivity index (χ2n) is 4.47. The van der Waals surface area contributed by atoms with Crippen molar-refractivity contribution in [1.82, 2.24) is 9.97 Å². The molecule has 21 heavy (non-hydrogen) atoms. The van der Waals surface area contributed by atoms with Crippen LogP contribution in [-0.4, -0.2) is 47.1 Å². The molecule has 1 atom stereocenters. The Hall–Kier alpha value is -2.56. The lowest BCUT2D eigenvalue weighted by Crippen LogP contribution is -2.55. The van der Waals surface area contributed by atoms with Crippen LogP contribution < -0.4 is 4.90 Å². The third-order valence-corrected chi connectivity index (χ3v) is 3.14. The minimum atomic E-state index is -2.61. The van der Waals surface area contributed by atoms with Gasteiger partial charge in [-0.2, -0.15) is 5.26 Å². The van der Waals surface area contributed by atoms with Crippen molar-refractivity contribution in [3.05, 3.63) is 18.0 Å². The molecule has 0 bridgehead atoms. The van der Waals surface area contributed by atoms with Crippen molar-refractivity contribution in [3.63, 3.8) is 0 Å². The number of carbonyl (C=O) groups excluding carboxylic acids is 2. The highest BCUT2D eigenvalue weighted by molar-refractivity contribution is 6.09. The van der Waals surface area contributed by atoms with Crippen molar-refractivity contribution >= 4 is 17.7 Å². The maximum Gasteiger partial charge on any atom is 0.351 e. The van der Waals surface area contributed by atoms with Crippen LogP contribution in [0.3, 0.4) is 0 Å². The van der Waals surface area contributed by atoms with Gasteiger partial charge < -0.3 is 9.64 Å². The van der Waals surface area contributed by atoms with Gasteiger partial charge in [-0.15, -0.1) is 0 Å². The Balaban J connectivity index is 2.15. The van der Waals surface area contributed by atoms with Crippen LogP contribution in [0.15, 0.2) is 12.3 Å². The van der Waals surface area contributed by atoms with E-state index < -0.39 is 17.4 Å². The summed E-state index contributed by atoms with van der Waals surface area (Å²) in [5.41, 5.74) is -2.46. The highest BCUT2D eigenvalue weighted by Crippen LogP contribution is 2.27. The minimum absolute atomic E-state index is 0.00875. The standard InChI is InChI=1S/C13H13FN4O3/c1-2-21-11(20)13(14)4-6-18(8-10(13)19)12-16-5-3-9(7-15)17-12/h3,5H,2,4,6,8H2,1H3. The van der Waals surface area contributed by atoms with Crippen LogP contribution in [0.5, 0.6) is 0 Å². The molecule has 0 saturated carbocycles. The molecule has 1 aliphatic heterocycles. The number of ketones is 1. The highest BCUT2D eigenvalue weighted by atomic mass is 19.1. The summed E-state index contributed by atoms with van der Waals surface area (Å²) in [6, 6.07) is 3.28. The van der Waals surface area contributed by atoms with Crippen LogP contribution in [0.2, 0.25) is 0 Å². The van der Waals surface area contributed by atoms with Crippen LogP contribution >= 0.6 is 0 Å². The summed E-state index contributed by atoms with van der Waals surface area (Å²) < 4.78 is 19.0. The Labute approximate surface area is 120 Å². The third kappa shape index (κ3) is 2.81. The van der Waals surface area contributed by atoms with E-state index in [-0.39, 0.29) is 37.8 Å². The van der Waals surface area contributed by atoms with Crippen molar-refractivity contribution in [1.29, 1.82) is 5.26 Å². The molecule has 0 N–H and O–H groups in total. The number of ether oxygens (including phenoxy) is 1. The lowest BCUT2D eigenvalue weighted by atomic mass is 9.92. The number of Topliss-reactive ketones (excluding diaryl/α,β-unsaturated/α-hetero) is 1. The Morgan fingerprint density at radius 2 is 2.43 bits per heavy atom. The van der Waals surface area contributed by atoms with E-state index in [0.29, 0.717) is 0 Å². The van der Waals surface area contributed by atoms with Crippen LogP contribution in [0.1, 0.15) is 19.0 Å². The van der Waals surface area contributed by atoms with Gasteiger partial charge in [0.1, 0.15) is 11.8 Å². The smallest absolute Gasteiger partial charge is 0.351 e. The number of alkyl halides is 1.